The summed E-state index contributed by atoms with van der Waals surface area (Å²) in [6.07, 6.45) is 0.0496. The van der Waals surface area contributed by atoms with Crippen LogP contribution in [0.15, 0.2) is 29.6 Å². The molecule has 1 aliphatic heterocycles. The van der Waals surface area contributed by atoms with Gasteiger partial charge in [0, 0.05) is 56.8 Å². The van der Waals surface area contributed by atoms with Gasteiger partial charge in [-0.1, -0.05) is 6.07 Å². The number of aromatic nitrogens is 1. The van der Waals surface area contributed by atoms with E-state index in [-0.39, 0.29) is 30.2 Å². The minimum Gasteiger partial charge on any atom is -0.339 e. The number of hydrogen-bond acceptors (Lipinski definition) is 6. The number of carbonyl (C=O) groups excluding carboxylic acids is 4. The van der Waals surface area contributed by atoms with Crippen LogP contribution in [0.4, 0.5) is 21.3 Å². The first kappa shape index (κ1) is 22.2. The molecule has 164 valence electrons. The molecular formula is C20H24N6O4S. The molecule has 0 unspecified atom stereocenters. The van der Waals surface area contributed by atoms with Gasteiger partial charge in [0.15, 0.2) is 5.13 Å². The number of piperazine rings is 1. The molecule has 11 heteroatoms. The maximum absolute atomic E-state index is 12.4. The first-order chi connectivity index (χ1) is 14.8. The highest BCUT2D eigenvalue weighted by Crippen LogP contribution is 2.19. The molecule has 0 aliphatic carbocycles. The van der Waals surface area contributed by atoms with E-state index in [2.05, 4.69) is 20.9 Å². The second-order valence-electron chi connectivity index (χ2n) is 7.05. The van der Waals surface area contributed by atoms with E-state index < -0.39 is 0 Å². The maximum atomic E-state index is 12.4. The summed E-state index contributed by atoms with van der Waals surface area (Å²) in [5, 5.41) is 10.3. The van der Waals surface area contributed by atoms with E-state index in [4.69, 9.17) is 0 Å². The van der Waals surface area contributed by atoms with Crippen LogP contribution in [-0.2, 0) is 20.8 Å². The lowest BCUT2D eigenvalue weighted by Crippen LogP contribution is -2.51. The number of rotatable bonds is 5. The van der Waals surface area contributed by atoms with Crippen molar-refractivity contribution < 1.29 is 19.2 Å². The Morgan fingerprint density at radius 3 is 2.26 bits per heavy atom. The van der Waals surface area contributed by atoms with Crippen LogP contribution < -0.4 is 16.0 Å². The van der Waals surface area contributed by atoms with Crippen molar-refractivity contribution in [2.24, 2.45) is 0 Å². The number of hydrogen-bond donors (Lipinski definition) is 3. The lowest BCUT2D eigenvalue weighted by molar-refractivity contribution is -0.130. The molecule has 0 spiro atoms. The lowest BCUT2D eigenvalue weighted by atomic mass is 10.2. The predicted octanol–water partition coefficient (Wildman–Crippen LogP) is 1.98. The van der Waals surface area contributed by atoms with Crippen molar-refractivity contribution in [3.05, 3.63) is 35.3 Å². The van der Waals surface area contributed by atoms with Crippen molar-refractivity contribution in [2.45, 2.75) is 20.3 Å². The minimum absolute atomic E-state index is 0.00439. The molecule has 0 atom stereocenters. The van der Waals surface area contributed by atoms with Gasteiger partial charge in [0.05, 0.1) is 12.1 Å². The molecule has 2 heterocycles. The maximum Gasteiger partial charge on any atom is 0.323 e. The van der Waals surface area contributed by atoms with Crippen LogP contribution in [0.3, 0.4) is 0 Å². The van der Waals surface area contributed by atoms with Crippen LogP contribution in [0.5, 0.6) is 0 Å². The Hall–Kier alpha value is -3.47. The molecule has 3 N–H and O–H groups in total. The number of nitrogens with one attached hydrogen (secondary N) is 3. The molecular weight excluding hydrogens is 420 g/mol. The Kier molecular flexibility index (Phi) is 7.19. The smallest absolute Gasteiger partial charge is 0.323 e. The number of nitrogens with zero attached hydrogens (tertiary/aromatic N) is 3. The average Bonchev–Trinajstić information content (AvgIpc) is 3.14. The lowest BCUT2D eigenvalue weighted by Gasteiger charge is -2.33. The molecule has 10 nitrogen and oxygen atoms in total. The number of thiazole rings is 1. The van der Waals surface area contributed by atoms with Crippen LogP contribution in [-0.4, -0.2) is 64.7 Å². The zero-order valence-corrected chi connectivity index (χ0v) is 18.1. The second-order valence-corrected chi connectivity index (χ2v) is 7.91. The molecule has 5 amide bonds. The minimum atomic E-state index is -0.275. The highest BCUT2D eigenvalue weighted by molar-refractivity contribution is 7.13. The van der Waals surface area contributed by atoms with Crippen molar-refractivity contribution in [3.63, 3.8) is 0 Å². The zero-order valence-electron chi connectivity index (χ0n) is 17.3. The van der Waals surface area contributed by atoms with Crippen LogP contribution in [0.1, 0.15) is 19.5 Å². The molecule has 2 aromatic rings. The quantitative estimate of drug-likeness (QED) is 0.651. The molecule has 1 aromatic carbocycles. The SMILES string of the molecule is CC(=O)Nc1cccc(NC(=O)Cc2csc(NC(=O)N3CCN(C(C)=O)CC3)n2)c1. The van der Waals surface area contributed by atoms with Gasteiger partial charge in [-0.3, -0.25) is 19.7 Å². The second kappa shape index (κ2) is 10.0. The van der Waals surface area contributed by atoms with Gasteiger partial charge in [-0.2, -0.15) is 0 Å². The normalized spacial score (nSPS) is 13.5. The molecule has 0 radical (unpaired) electrons. The van der Waals surface area contributed by atoms with Crippen LogP contribution in [0.25, 0.3) is 0 Å². The molecule has 1 aliphatic rings. The van der Waals surface area contributed by atoms with E-state index in [0.29, 0.717) is 48.4 Å². The molecule has 1 saturated heterocycles. The molecule has 0 bridgehead atoms. The van der Waals surface area contributed by atoms with Crippen molar-refractivity contribution in [3.8, 4) is 0 Å². The van der Waals surface area contributed by atoms with Gasteiger partial charge in [0.25, 0.3) is 0 Å². The van der Waals surface area contributed by atoms with E-state index in [1.807, 2.05) is 0 Å². The summed E-state index contributed by atoms with van der Waals surface area (Å²) in [5.41, 5.74) is 1.69. The summed E-state index contributed by atoms with van der Waals surface area (Å²) in [4.78, 5) is 54.9. The molecule has 31 heavy (non-hydrogen) atoms. The Morgan fingerprint density at radius 1 is 0.968 bits per heavy atom. The van der Waals surface area contributed by atoms with Crippen LogP contribution >= 0.6 is 11.3 Å². The fourth-order valence-corrected chi connectivity index (χ4v) is 3.79. The molecule has 1 aromatic heterocycles. The highest BCUT2D eigenvalue weighted by atomic mass is 32.1. The predicted molar refractivity (Wildman–Crippen MR) is 118 cm³/mol. The summed E-state index contributed by atoms with van der Waals surface area (Å²) >= 11 is 1.24. The molecule has 1 fully saturated rings. The monoisotopic (exact) mass is 444 g/mol. The van der Waals surface area contributed by atoms with Gasteiger partial charge in [0.1, 0.15) is 0 Å². The average molecular weight is 445 g/mol. The largest absolute Gasteiger partial charge is 0.339 e. The third kappa shape index (κ3) is 6.51. The van der Waals surface area contributed by atoms with Crippen molar-refractivity contribution in [1.29, 1.82) is 0 Å². The van der Waals surface area contributed by atoms with Crippen molar-refractivity contribution in [1.82, 2.24) is 14.8 Å². The summed E-state index contributed by atoms with van der Waals surface area (Å²) in [6, 6.07) is 6.57. The summed E-state index contributed by atoms with van der Waals surface area (Å²) in [6.45, 7) is 4.87. The number of amides is 5. The number of carbonyl (C=O) groups is 4. The van der Waals surface area contributed by atoms with E-state index in [9.17, 15) is 19.2 Å². The van der Waals surface area contributed by atoms with E-state index in [0.717, 1.165) is 0 Å². The topological polar surface area (TPSA) is 124 Å². The molecule has 3 rings (SSSR count). The number of urea groups is 1. The standard InChI is InChI=1S/C20H24N6O4S/c1-13(27)21-15-4-3-5-16(10-15)22-18(29)11-17-12-31-19(23-17)24-20(30)26-8-6-25(7-9-26)14(2)28/h3-5,10,12H,6-9,11H2,1-2H3,(H,21,27)(H,22,29)(H,23,24,30). The van der Waals surface area contributed by atoms with E-state index in [1.165, 1.54) is 25.2 Å². The summed E-state index contributed by atoms with van der Waals surface area (Å²) < 4.78 is 0. The van der Waals surface area contributed by atoms with E-state index in [1.54, 1.807) is 39.4 Å². The van der Waals surface area contributed by atoms with Gasteiger partial charge >= 0.3 is 6.03 Å². The van der Waals surface area contributed by atoms with Gasteiger partial charge in [-0.05, 0) is 18.2 Å². The Balaban J connectivity index is 1.49. The van der Waals surface area contributed by atoms with Gasteiger partial charge in [0.2, 0.25) is 17.7 Å². The highest BCUT2D eigenvalue weighted by Gasteiger charge is 2.23. The third-order valence-electron chi connectivity index (χ3n) is 4.59. The van der Waals surface area contributed by atoms with Gasteiger partial charge in [-0.15, -0.1) is 11.3 Å². The summed E-state index contributed by atoms with van der Waals surface area (Å²) in [7, 11) is 0. The first-order valence-electron chi connectivity index (χ1n) is 9.73. The van der Waals surface area contributed by atoms with Crippen molar-refractivity contribution in [2.75, 3.05) is 42.1 Å². The fourth-order valence-electron chi connectivity index (χ4n) is 3.09. The Morgan fingerprint density at radius 2 is 1.61 bits per heavy atom. The van der Waals surface area contributed by atoms with Crippen LogP contribution in [0, 0.1) is 0 Å². The summed E-state index contributed by atoms with van der Waals surface area (Å²) in [5.74, 6) is -0.450. The van der Waals surface area contributed by atoms with Gasteiger partial charge in [-0.25, -0.2) is 9.78 Å². The van der Waals surface area contributed by atoms with Crippen molar-refractivity contribution >= 4 is 51.6 Å². The Labute approximate surface area is 183 Å². The third-order valence-corrected chi connectivity index (χ3v) is 5.39. The fraction of sp³-hybridized carbons (Fsp3) is 0.350. The zero-order chi connectivity index (χ0) is 22.4. The number of benzene rings is 1. The molecule has 0 saturated carbocycles. The van der Waals surface area contributed by atoms with E-state index >= 15 is 0 Å². The van der Waals surface area contributed by atoms with Crippen LogP contribution in [0.2, 0.25) is 0 Å². The van der Waals surface area contributed by atoms with Gasteiger partial charge < -0.3 is 20.4 Å². The number of anilines is 3. The Bertz CT molecular complexity index is 984. The first-order valence-corrected chi connectivity index (χ1v) is 10.6.